The summed E-state index contributed by atoms with van der Waals surface area (Å²) < 4.78 is 6.11. The third-order valence-electron chi connectivity index (χ3n) is 3.90. The first-order valence-corrected chi connectivity index (χ1v) is 7.11. The Kier molecular flexibility index (Phi) is 3.02. The zero-order chi connectivity index (χ0) is 15.3. The van der Waals surface area contributed by atoms with Crippen LogP contribution in [0.4, 0.5) is 11.6 Å². The zero-order valence-electron chi connectivity index (χ0n) is 12.8. The maximum absolute atomic E-state index is 6.11. The Balaban J connectivity index is 1.95. The van der Waals surface area contributed by atoms with Crippen molar-refractivity contribution in [3.63, 3.8) is 0 Å². The van der Waals surface area contributed by atoms with Crippen LogP contribution < -0.4 is 11.1 Å². The Labute approximate surface area is 124 Å². The van der Waals surface area contributed by atoms with Crippen LogP contribution in [0.1, 0.15) is 34.1 Å². The van der Waals surface area contributed by atoms with Gasteiger partial charge in [0.25, 0.3) is 0 Å². The van der Waals surface area contributed by atoms with E-state index in [9.17, 15) is 0 Å². The second-order valence-electron chi connectivity index (χ2n) is 6.70. The van der Waals surface area contributed by atoms with Crippen LogP contribution in [0.5, 0.6) is 0 Å². The molecule has 0 radical (unpaired) electrons. The molecule has 21 heavy (non-hydrogen) atoms. The molecule has 112 valence electrons. The summed E-state index contributed by atoms with van der Waals surface area (Å²) in [4.78, 5) is 12.8. The van der Waals surface area contributed by atoms with E-state index < -0.39 is 0 Å². The second kappa shape index (κ2) is 4.53. The molecule has 3 heterocycles. The summed E-state index contributed by atoms with van der Waals surface area (Å²) in [5, 5.41) is 4.36. The van der Waals surface area contributed by atoms with Crippen LogP contribution in [0.3, 0.4) is 0 Å². The molecule has 1 saturated heterocycles. The minimum absolute atomic E-state index is 0.146. The number of hydrogen-bond donors (Lipinski definition) is 2. The predicted octanol–water partition coefficient (Wildman–Crippen LogP) is 2.37. The molecule has 1 aliphatic rings. The number of fused-ring (bicyclic) bond motifs is 1. The fraction of sp³-hybridized carbons (Fsp3) is 0.533. The monoisotopic (exact) mass is 287 g/mol. The van der Waals surface area contributed by atoms with Gasteiger partial charge in [-0.25, -0.2) is 15.0 Å². The Morgan fingerprint density at radius 1 is 1.24 bits per heavy atom. The Morgan fingerprint density at radius 2 is 2.00 bits per heavy atom. The van der Waals surface area contributed by atoms with Gasteiger partial charge in [-0.2, -0.15) is 0 Å². The number of nitrogens with two attached hydrogens (primary N) is 1. The highest BCUT2D eigenvalue weighted by Gasteiger charge is 2.46. The van der Waals surface area contributed by atoms with E-state index in [1.165, 1.54) is 6.33 Å². The van der Waals surface area contributed by atoms with Crippen molar-refractivity contribution in [2.45, 2.75) is 51.4 Å². The van der Waals surface area contributed by atoms with Crippen LogP contribution >= 0.6 is 0 Å². The van der Waals surface area contributed by atoms with Crippen LogP contribution in [0.25, 0.3) is 11.0 Å². The highest BCUT2D eigenvalue weighted by atomic mass is 16.5. The molecule has 0 aromatic carbocycles. The van der Waals surface area contributed by atoms with Gasteiger partial charge in [-0.1, -0.05) is 0 Å². The van der Waals surface area contributed by atoms with Gasteiger partial charge in [0.05, 0.1) is 22.6 Å². The molecule has 1 atom stereocenters. The Morgan fingerprint density at radius 3 is 2.67 bits per heavy atom. The molecule has 2 aromatic rings. The number of ether oxygens (including phenoxy) is 1. The average Bonchev–Trinajstić information content (AvgIpc) is 2.57. The lowest BCUT2D eigenvalue weighted by Crippen LogP contribution is -2.38. The molecule has 1 fully saturated rings. The lowest BCUT2D eigenvalue weighted by molar-refractivity contribution is -0.0662. The molecule has 1 aliphatic heterocycles. The first kappa shape index (κ1) is 14.0. The van der Waals surface area contributed by atoms with Crippen molar-refractivity contribution in [2.24, 2.45) is 0 Å². The van der Waals surface area contributed by atoms with E-state index in [-0.39, 0.29) is 17.2 Å². The number of aromatic nitrogens is 3. The van der Waals surface area contributed by atoms with Crippen molar-refractivity contribution in [3.05, 3.63) is 18.5 Å². The van der Waals surface area contributed by atoms with Gasteiger partial charge in [-0.15, -0.1) is 0 Å². The van der Waals surface area contributed by atoms with E-state index in [1.54, 1.807) is 6.07 Å². The molecule has 2 aromatic heterocycles. The highest BCUT2D eigenvalue weighted by molar-refractivity contribution is 5.87. The number of hydrogen-bond acceptors (Lipinski definition) is 6. The van der Waals surface area contributed by atoms with Crippen molar-refractivity contribution in [1.29, 1.82) is 0 Å². The molecule has 0 spiro atoms. The van der Waals surface area contributed by atoms with E-state index >= 15 is 0 Å². The first-order valence-electron chi connectivity index (χ1n) is 7.11. The second-order valence-corrected chi connectivity index (χ2v) is 6.70. The van der Waals surface area contributed by atoms with E-state index in [0.29, 0.717) is 11.5 Å². The molecular formula is C15H21N5O. The average molecular weight is 287 g/mol. The molecule has 1 unspecified atom stereocenters. The van der Waals surface area contributed by atoms with Gasteiger partial charge in [0.2, 0.25) is 0 Å². The quantitative estimate of drug-likeness (QED) is 0.882. The number of pyridine rings is 1. The first-order chi connectivity index (χ1) is 9.77. The van der Waals surface area contributed by atoms with Gasteiger partial charge in [0, 0.05) is 0 Å². The lowest BCUT2D eigenvalue weighted by atomic mass is 9.94. The minimum Gasteiger partial charge on any atom is -0.384 e. The minimum atomic E-state index is -0.262. The summed E-state index contributed by atoms with van der Waals surface area (Å²) in [7, 11) is 0. The molecule has 6 nitrogen and oxygen atoms in total. The van der Waals surface area contributed by atoms with Gasteiger partial charge < -0.3 is 15.8 Å². The molecule has 6 heteroatoms. The summed E-state index contributed by atoms with van der Waals surface area (Å²) >= 11 is 0. The maximum atomic E-state index is 6.11. The Hall–Kier alpha value is -1.95. The van der Waals surface area contributed by atoms with Crippen molar-refractivity contribution in [2.75, 3.05) is 11.1 Å². The Bertz CT molecular complexity index is 683. The molecule has 0 aliphatic carbocycles. The van der Waals surface area contributed by atoms with Crippen LogP contribution in [0.2, 0.25) is 0 Å². The van der Waals surface area contributed by atoms with E-state index in [1.807, 2.05) is 6.07 Å². The summed E-state index contributed by atoms with van der Waals surface area (Å²) in [5.74, 6) is 1.23. The SMILES string of the molecule is CC1(C)CC(Nc2ncnc3nc(N)ccc23)C(C)(C)O1. The third-order valence-corrected chi connectivity index (χ3v) is 3.90. The number of nitrogens with one attached hydrogen (secondary N) is 1. The van der Waals surface area contributed by atoms with Gasteiger partial charge >= 0.3 is 0 Å². The van der Waals surface area contributed by atoms with Crippen LogP contribution in [-0.4, -0.2) is 32.2 Å². The van der Waals surface area contributed by atoms with Crippen molar-refractivity contribution in [1.82, 2.24) is 15.0 Å². The number of rotatable bonds is 2. The number of nitrogens with zero attached hydrogens (tertiary/aromatic N) is 3. The molecule has 0 bridgehead atoms. The number of nitrogen functional groups attached to an aromatic ring is 1. The van der Waals surface area contributed by atoms with E-state index in [2.05, 4.69) is 48.0 Å². The summed E-state index contributed by atoms with van der Waals surface area (Å²) in [6.07, 6.45) is 2.42. The fourth-order valence-corrected chi connectivity index (χ4v) is 3.02. The van der Waals surface area contributed by atoms with Crippen LogP contribution in [0, 0.1) is 0 Å². The van der Waals surface area contributed by atoms with Gasteiger partial charge in [0.1, 0.15) is 18.0 Å². The summed E-state index contributed by atoms with van der Waals surface area (Å²) in [6, 6.07) is 3.83. The van der Waals surface area contributed by atoms with Crippen LogP contribution in [0.15, 0.2) is 18.5 Å². The van der Waals surface area contributed by atoms with Gasteiger partial charge in [0.15, 0.2) is 5.65 Å². The lowest BCUT2D eigenvalue weighted by Gasteiger charge is -2.28. The van der Waals surface area contributed by atoms with Crippen molar-refractivity contribution >= 4 is 22.7 Å². The molecular weight excluding hydrogens is 266 g/mol. The summed E-state index contributed by atoms with van der Waals surface area (Å²) in [6.45, 7) is 8.41. The highest BCUT2D eigenvalue weighted by Crippen LogP contribution is 2.39. The fourth-order valence-electron chi connectivity index (χ4n) is 3.02. The van der Waals surface area contributed by atoms with Crippen molar-refractivity contribution < 1.29 is 4.74 Å². The van der Waals surface area contributed by atoms with Crippen molar-refractivity contribution in [3.8, 4) is 0 Å². The number of anilines is 2. The smallest absolute Gasteiger partial charge is 0.166 e. The predicted molar refractivity (Wildman–Crippen MR) is 83.0 cm³/mol. The maximum Gasteiger partial charge on any atom is 0.166 e. The largest absolute Gasteiger partial charge is 0.384 e. The molecule has 3 rings (SSSR count). The van der Waals surface area contributed by atoms with Gasteiger partial charge in [-0.05, 0) is 46.2 Å². The van der Waals surface area contributed by atoms with E-state index in [4.69, 9.17) is 10.5 Å². The topological polar surface area (TPSA) is 86.0 Å². The zero-order valence-corrected chi connectivity index (χ0v) is 12.8. The van der Waals surface area contributed by atoms with E-state index in [0.717, 1.165) is 17.6 Å². The molecule has 0 amide bonds. The summed E-state index contributed by atoms with van der Waals surface area (Å²) in [5.41, 5.74) is 5.90. The van der Waals surface area contributed by atoms with Gasteiger partial charge in [-0.3, -0.25) is 0 Å². The molecule has 0 saturated carbocycles. The molecule has 3 N–H and O–H groups in total. The standard InChI is InChI=1S/C15H21N5O/c1-14(2)7-10(15(3,4)21-14)19-12-9-5-6-11(16)20-13(9)18-8-17-12/h5-6,8,10H,7H2,1-4H3,(H3,16,17,18,19,20). The third kappa shape index (κ3) is 2.63. The van der Waals surface area contributed by atoms with Crippen LogP contribution in [-0.2, 0) is 4.74 Å². The normalized spacial score (nSPS) is 23.3.